The number of nitrogens with two attached hydrogens (primary N) is 1. The fraction of sp³-hybridized carbons (Fsp3) is 0.125. The molecule has 0 aliphatic heterocycles. The van der Waals surface area contributed by atoms with E-state index in [1.165, 1.54) is 12.1 Å². The molecule has 23 heavy (non-hydrogen) atoms. The Labute approximate surface area is 143 Å². The first-order chi connectivity index (χ1) is 11.0. The van der Waals surface area contributed by atoms with Gasteiger partial charge in [0.2, 0.25) is 0 Å². The van der Waals surface area contributed by atoms with Crippen molar-refractivity contribution in [1.82, 2.24) is 5.32 Å². The van der Waals surface area contributed by atoms with Gasteiger partial charge in [0.1, 0.15) is 5.75 Å². The van der Waals surface area contributed by atoms with Gasteiger partial charge in [-0.3, -0.25) is 9.59 Å². The molecule has 0 saturated carbocycles. The number of rotatable bonds is 6. The number of ether oxygens (including phenoxy) is 1. The molecular weight excluding hydrogens is 339 g/mol. The molecule has 0 heterocycles. The van der Waals surface area contributed by atoms with Gasteiger partial charge in [0.05, 0.1) is 5.56 Å². The highest BCUT2D eigenvalue weighted by Crippen LogP contribution is 2.22. The minimum Gasteiger partial charge on any atom is -0.483 e. The maximum Gasteiger partial charge on any atom is 0.258 e. The fourth-order valence-corrected chi connectivity index (χ4v) is 2.12. The Balaban J connectivity index is 1.89. The lowest BCUT2D eigenvalue weighted by Gasteiger charge is -2.10. The van der Waals surface area contributed by atoms with Crippen LogP contribution in [0.15, 0.2) is 42.5 Å². The van der Waals surface area contributed by atoms with E-state index < -0.39 is 5.91 Å². The summed E-state index contributed by atoms with van der Waals surface area (Å²) in [6.07, 6.45) is 0. The van der Waals surface area contributed by atoms with Gasteiger partial charge >= 0.3 is 0 Å². The summed E-state index contributed by atoms with van der Waals surface area (Å²) in [5.74, 6) is -0.794. The van der Waals surface area contributed by atoms with Crippen LogP contribution in [0.5, 0.6) is 5.75 Å². The normalized spacial score (nSPS) is 10.2. The van der Waals surface area contributed by atoms with E-state index >= 15 is 0 Å². The van der Waals surface area contributed by atoms with Crippen LogP contribution in [0.1, 0.15) is 15.9 Å². The Morgan fingerprint density at radius 1 is 1.04 bits per heavy atom. The Morgan fingerprint density at radius 2 is 1.70 bits per heavy atom. The monoisotopic (exact) mass is 352 g/mol. The van der Waals surface area contributed by atoms with E-state index in [-0.39, 0.29) is 23.8 Å². The quantitative estimate of drug-likeness (QED) is 0.838. The van der Waals surface area contributed by atoms with E-state index in [9.17, 15) is 9.59 Å². The summed E-state index contributed by atoms with van der Waals surface area (Å²) >= 11 is 11.6. The van der Waals surface area contributed by atoms with Crippen molar-refractivity contribution in [3.63, 3.8) is 0 Å². The van der Waals surface area contributed by atoms with Crippen LogP contribution in [0.25, 0.3) is 0 Å². The van der Waals surface area contributed by atoms with Crippen molar-refractivity contribution in [2.24, 2.45) is 5.73 Å². The van der Waals surface area contributed by atoms with Gasteiger partial charge in [-0.15, -0.1) is 0 Å². The fourth-order valence-electron chi connectivity index (χ4n) is 1.82. The third-order valence-electron chi connectivity index (χ3n) is 2.97. The van der Waals surface area contributed by atoms with Gasteiger partial charge in [-0.1, -0.05) is 35.3 Å². The molecule has 0 aromatic heterocycles. The molecule has 0 saturated heterocycles. The maximum atomic E-state index is 11.8. The molecule has 0 aliphatic carbocycles. The standard InChI is InChI=1S/C16H14Cl2N2O3/c17-11-3-1-10(2-4-11)8-20-15(21)9-23-14-6-5-12(18)7-13(14)16(19)22/h1-7H,8-9H2,(H2,19,22)(H,20,21). The van der Waals surface area contributed by atoms with E-state index in [4.69, 9.17) is 33.7 Å². The smallest absolute Gasteiger partial charge is 0.258 e. The summed E-state index contributed by atoms with van der Waals surface area (Å²) in [5.41, 5.74) is 6.28. The van der Waals surface area contributed by atoms with Crippen LogP contribution in [-0.4, -0.2) is 18.4 Å². The molecule has 0 spiro atoms. The zero-order valence-electron chi connectivity index (χ0n) is 12.0. The van der Waals surface area contributed by atoms with Crippen LogP contribution in [-0.2, 0) is 11.3 Å². The first-order valence-electron chi connectivity index (χ1n) is 6.69. The summed E-state index contributed by atoms with van der Waals surface area (Å²) in [6, 6.07) is 11.6. The second-order valence-corrected chi connectivity index (χ2v) is 5.57. The first kappa shape index (κ1) is 17.1. The van der Waals surface area contributed by atoms with Crippen molar-refractivity contribution in [2.45, 2.75) is 6.54 Å². The lowest BCUT2D eigenvalue weighted by molar-refractivity contribution is -0.123. The van der Waals surface area contributed by atoms with E-state index in [0.29, 0.717) is 16.6 Å². The Hall–Kier alpha value is -2.24. The summed E-state index contributed by atoms with van der Waals surface area (Å²) in [6.45, 7) is 0.109. The molecule has 0 unspecified atom stereocenters. The molecule has 120 valence electrons. The van der Waals surface area contributed by atoms with Gasteiger partial charge in [0.25, 0.3) is 11.8 Å². The first-order valence-corrected chi connectivity index (χ1v) is 7.44. The zero-order valence-corrected chi connectivity index (χ0v) is 13.5. The molecule has 7 heteroatoms. The average Bonchev–Trinajstić information content (AvgIpc) is 2.53. The molecule has 2 amide bonds. The molecule has 5 nitrogen and oxygen atoms in total. The van der Waals surface area contributed by atoms with Gasteiger partial charge in [0.15, 0.2) is 6.61 Å². The molecule has 0 fully saturated rings. The van der Waals surface area contributed by atoms with Crippen molar-refractivity contribution in [1.29, 1.82) is 0 Å². The number of carbonyl (C=O) groups is 2. The summed E-state index contributed by atoms with van der Waals surface area (Å²) in [7, 11) is 0. The summed E-state index contributed by atoms with van der Waals surface area (Å²) in [5, 5.41) is 3.69. The lowest BCUT2D eigenvalue weighted by Crippen LogP contribution is -2.28. The van der Waals surface area contributed by atoms with Crippen LogP contribution in [0, 0.1) is 0 Å². The molecule has 0 radical (unpaired) electrons. The van der Waals surface area contributed by atoms with Crippen molar-refractivity contribution in [3.8, 4) is 5.75 Å². The number of nitrogens with one attached hydrogen (secondary N) is 1. The molecule has 2 rings (SSSR count). The number of benzene rings is 2. The minimum atomic E-state index is -0.677. The maximum absolute atomic E-state index is 11.8. The molecule has 0 aliphatic rings. The molecule has 2 aromatic rings. The number of amides is 2. The highest BCUT2D eigenvalue weighted by Gasteiger charge is 2.12. The molecule has 0 atom stereocenters. The number of hydrogen-bond acceptors (Lipinski definition) is 3. The SMILES string of the molecule is NC(=O)c1cc(Cl)ccc1OCC(=O)NCc1ccc(Cl)cc1. The highest BCUT2D eigenvalue weighted by molar-refractivity contribution is 6.31. The van der Waals surface area contributed by atoms with Gasteiger partial charge in [-0.25, -0.2) is 0 Å². The van der Waals surface area contributed by atoms with Gasteiger partial charge in [0, 0.05) is 16.6 Å². The van der Waals surface area contributed by atoms with E-state index in [1.807, 2.05) is 12.1 Å². The van der Waals surface area contributed by atoms with Crippen LogP contribution in [0.2, 0.25) is 10.0 Å². The average molecular weight is 353 g/mol. The van der Waals surface area contributed by atoms with Gasteiger partial charge in [-0.05, 0) is 35.9 Å². The van der Waals surface area contributed by atoms with E-state index in [1.54, 1.807) is 18.2 Å². The zero-order chi connectivity index (χ0) is 16.8. The Kier molecular flexibility index (Phi) is 5.84. The van der Waals surface area contributed by atoms with Crippen LogP contribution in [0.4, 0.5) is 0 Å². The number of hydrogen-bond donors (Lipinski definition) is 2. The van der Waals surface area contributed by atoms with E-state index in [0.717, 1.165) is 5.56 Å². The van der Waals surface area contributed by atoms with Crippen molar-refractivity contribution in [2.75, 3.05) is 6.61 Å². The predicted octanol–water partition coefficient (Wildman–Crippen LogP) is 2.79. The van der Waals surface area contributed by atoms with Crippen LogP contribution >= 0.6 is 23.2 Å². The van der Waals surface area contributed by atoms with Crippen molar-refractivity contribution < 1.29 is 14.3 Å². The Bertz CT molecular complexity index is 718. The second kappa shape index (κ2) is 7.85. The van der Waals surface area contributed by atoms with Crippen LogP contribution in [0.3, 0.4) is 0 Å². The topological polar surface area (TPSA) is 81.4 Å². The van der Waals surface area contributed by atoms with Gasteiger partial charge in [-0.2, -0.15) is 0 Å². The van der Waals surface area contributed by atoms with Gasteiger partial charge < -0.3 is 15.8 Å². The molecular formula is C16H14Cl2N2O3. The third kappa shape index (κ3) is 5.16. The largest absolute Gasteiger partial charge is 0.483 e. The Morgan fingerprint density at radius 3 is 2.35 bits per heavy atom. The van der Waals surface area contributed by atoms with Crippen molar-refractivity contribution in [3.05, 3.63) is 63.6 Å². The minimum absolute atomic E-state index is 0.128. The van der Waals surface area contributed by atoms with E-state index in [2.05, 4.69) is 5.32 Å². The van der Waals surface area contributed by atoms with Crippen molar-refractivity contribution >= 4 is 35.0 Å². The summed E-state index contributed by atoms with van der Waals surface area (Å²) in [4.78, 5) is 23.1. The molecule has 0 bridgehead atoms. The lowest BCUT2D eigenvalue weighted by atomic mass is 10.2. The molecule has 2 aromatic carbocycles. The highest BCUT2D eigenvalue weighted by atomic mass is 35.5. The number of primary amides is 1. The number of carbonyl (C=O) groups excluding carboxylic acids is 2. The second-order valence-electron chi connectivity index (χ2n) is 4.70. The summed E-state index contributed by atoms with van der Waals surface area (Å²) < 4.78 is 5.33. The van der Waals surface area contributed by atoms with Crippen LogP contribution < -0.4 is 15.8 Å². The number of halogens is 2. The third-order valence-corrected chi connectivity index (χ3v) is 3.46. The molecule has 3 N–H and O–H groups in total. The predicted molar refractivity (Wildman–Crippen MR) is 88.8 cm³/mol.